The van der Waals surface area contributed by atoms with Crippen LogP contribution in [0.3, 0.4) is 0 Å². The molecule has 25 heavy (non-hydrogen) atoms. The SMILES string of the molecule is Br.C=C1CC23C4CC5C6(C)CC(O)CC57C2CC1(O)CC3C7(O)N4C6. The van der Waals surface area contributed by atoms with Crippen molar-refractivity contribution >= 4 is 17.0 Å². The summed E-state index contributed by atoms with van der Waals surface area (Å²) in [6, 6.07) is 0.467. The summed E-state index contributed by atoms with van der Waals surface area (Å²) in [5.41, 5.74) is -0.525. The summed E-state index contributed by atoms with van der Waals surface area (Å²) < 4.78 is 0. The zero-order valence-electron chi connectivity index (χ0n) is 14.7. The van der Waals surface area contributed by atoms with Crippen LogP contribution in [0, 0.1) is 34.0 Å². The fourth-order valence-corrected chi connectivity index (χ4v) is 10.3. The highest BCUT2D eigenvalue weighted by Gasteiger charge is 2.94. The van der Waals surface area contributed by atoms with Gasteiger partial charge < -0.3 is 15.3 Å². The van der Waals surface area contributed by atoms with Crippen LogP contribution in [0.4, 0.5) is 0 Å². The predicted molar refractivity (Wildman–Crippen MR) is 97.0 cm³/mol. The molecule has 0 radical (unpaired) electrons. The van der Waals surface area contributed by atoms with Crippen molar-refractivity contribution in [1.29, 1.82) is 0 Å². The molecule has 6 aliphatic carbocycles. The van der Waals surface area contributed by atoms with Gasteiger partial charge in [-0.1, -0.05) is 13.5 Å². The van der Waals surface area contributed by atoms with Gasteiger partial charge in [0.2, 0.25) is 0 Å². The van der Waals surface area contributed by atoms with Crippen molar-refractivity contribution in [3.63, 3.8) is 0 Å². The number of aliphatic hydroxyl groups is 3. The van der Waals surface area contributed by atoms with Crippen molar-refractivity contribution in [3.8, 4) is 0 Å². The molecule has 5 aliphatic heterocycles. The zero-order chi connectivity index (χ0) is 16.5. The van der Waals surface area contributed by atoms with Crippen molar-refractivity contribution in [3.05, 3.63) is 12.2 Å². The topological polar surface area (TPSA) is 63.9 Å². The van der Waals surface area contributed by atoms with Crippen LogP contribution in [0.25, 0.3) is 0 Å². The van der Waals surface area contributed by atoms with Gasteiger partial charge in [0.15, 0.2) is 0 Å². The second-order valence-corrected chi connectivity index (χ2v) is 10.9. The molecule has 11 unspecified atom stereocenters. The summed E-state index contributed by atoms with van der Waals surface area (Å²) in [7, 11) is 0. The van der Waals surface area contributed by atoms with E-state index in [9.17, 15) is 15.3 Å². The van der Waals surface area contributed by atoms with Gasteiger partial charge in [-0.25, -0.2) is 0 Å². The van der Waals surface area contributed by atoms with Crippen molar-refractivity contribution < 1.29 is 15.3 Å². The molecule has 2 spiro atoms. The Morgan fingerprint density at radius 2 is 1.80 bits per heavy atom. The van der Waals surface area contributed by atoms with Gasteiger partial charge in [0.25, 0.3) is 0 Å². The predicted octanol–water partition coefficient (Wildman–Crippen LogP) is 1.84. The third-order valence-corrected chi connectivity index (χ3v) is 10.5. The molecule has 6 saturated carbocycles. The van der Waals surface area contributed by atoms with Crippen molar-refractivity contribution in [2.75, 3.05) is 6.54 Å². The molecule has 0 aromatic carbocycles. The molecule has 5 saturated heterocycles. The Morgan fingerprint density at radius 3 is 2.56 bits per heavy atom. The molecule has 0 amide bonds. The molecule has 3 N–H and O–H groups in total. The van der Waals surface area contributed by atoms with E-state index in [2.05, 4.69) is 18.4 Å². The number of piperidine rings is 4. The average molecular weight is 410 g/mol. The van der Waals surface area contributed by atoms with E-state index < -0.39 is 11.3 Å². The Kier molecular flexibility index (Phi) is 2.44. The van der Waals surface area contributed by atoms with Crippen LogP contribution in [0.2, 0.25) is 0 Å². The second kappa shape index (κ2) is 3.80. The van der Waals surface area contributed by atoms with Gasteiger partial charge in [-0.15, -0.1) is 17.0 Å². The standard InChI is InChI=1S/C20H27NO3.BrH/c1-10-4-18-13-7-17(10,23)8-14(18)20(24)19(13)6-11(22)5-16(2)9-21(20)15(18)3-12(16)19;/h11-15,22-24H,1,3-9H2,2H3;1H. The van der Waals surface area contributed by atoms with Crippen LogP contribution in [0.1, 0.15) is 45.4 Å². The number of fused-ring (bicyclic) bond motifs is 1. The normalized spacial score (nSPS) is 73.0. The van der Waals surface area contributed by atoms with Crippen LogP contribution in [-0.2, 0) is 0 Å². The molecule has 0 aromatic rings. The molecule has 11 fully saturated rings. The minimum atomic E-state index is -0.794. The Morgan fingerprint density at radius 1 is 1.08 bits per heavy atom. The molecule has 4 nitrogen and oxygen atoms in total. The summed E-state index contributed by atoms with van der Waals surface area (Å²) in [5, 5.41) is 34.3. The van der Waals surface area contributed by atoms with Gasteiger partial charge in [0.1, 0.15) is 5.72 Å². The van der Waals surface area contributed by atoms with Gasteiger partial charge in [-0.3, -0.25) is 4.90 Å². The van der Waals surface area contributed by atoms with E-state index in [4.69, 9.17) is 0 Å². The molecule has 11 rings (SSSR count). The first kappa shape index (κ1) is 16.1. The van der Waals surface area contributed by atoms with Gasteiger partial charge in [0.05, 0.1) is 11.7 Å². The molecule has 5 heterocycles. The van der Waals surface area contributed by atoms with Crippen molar-refractivity contribution in [1.82, 2.24) is 4.90 Å². The number of hydrogen-bond donors (Lipinski definition) is 3. The Bertz CT molecular complexity index is 744. The molecule has 0 aromatic heterocycles. The molecule has 11 atom stereocenters. The molecule has 11 aliphatic rings. The molecule has 138 valence electrons. The lowest BCUT2D eigenvalue weighted by Crippen LogP contribution is -2.82. The van der Waals surface area contributed by atoms with E-state index in [1.54, 1.807) is 0 Å². The van der Waals surface area contributed by atoms with E-state index in [0.29, 0.717) is 24.3 Å². The largest absolute Gasteiger partial charge is 0.393 e. The molecule has 5 heteroatoms. The highest BCUT2D eigenvalue weighted by Crippen LogP contribution is 2.90. The van der Waals surface area contributed by atoms with E-state index in [1.165, 1.54) is 6.42 Å². The highest BCUT2D eigenvalue weighted by atomic mass is 79.9. The number of nitrogens with zero attached hydrogens (tertiary/aromatic N) is 1. The number of rotatable bonds is 0. The summed E-state index contributed by atoms with van der Waals surface area (Å²) in [5.74, 6) is 1.04. The van der Waals surface area contributed by atoms with E-state index in [1.807, 2.05) is 0 Å². The van der Waals surface area contributed by atoms with Crippen LogP contribution in [-0.4, -0.2) is 50.2 Å². The van der Waals surface area contributed by atoms with Gasteiger partial charge in [-0.05, 0) is 61.3 Å². The Balaban J connectivity index is 0.00000129. The van der Waals surface area contributed by atoms with Crippen LogP contribution in [0.5, 0.6) is 0 Å². The lowest BCUT2D eigenvalue weighted by atomic mass is 9.35. The summed E-state index contributed by atoms with van der Waals surface area (Å²) in [6.07, 6.45) is 4.84. The highest BCUT2D eigenvalue weighted by molar-refractivity contribution is 8.93. The zero-order valence-corrected chi connectivity index (χ0v) is 16.5. The first-order valence-electron chi connectivity index (χ1n) is 9.80. The maximum absolute atomic E-state index is 12.2. The third-order valence-electron chi connectivity index (χ3n) is 10.5. The third kappa shape index (κ3) is 1.15. The maximum Gasteiger partial charge on any atom is 0.128 e. The second-order valence-electron chi connectivity index (χ2n) is 10.9. The molecular weight excluding hydrogens is 382 g/mol. The number of aliphatic hydroxyl groups excluding tert-OH is 1. The minimum absolute atomic E-state index is 0. The van der Waals surface area contributed by atoms with Crippen molar-refractivity contribution in [2.45, 2.75) is 68.9 Å². The lowest BCUT2D eigenvalue weighted by Gasteiger charge is -2.77. The van der Waals surface area contributed by atoms with Crippen LogP contribution in [0.15, 0.2) is 12.2 Å². The monoisotopic (exact) mass is 409 g/mol. The fourth-order valence-electron chi connectivity index (χ4n) is 10.3. The summed E-state index contributed by atoms with van der Waals surface area (Å²) in [6.45, 7) is 7.52. The molecule has 10 bridgehead atoms. The Labute approximate surface area is 159 Å². The van der Waals surface area contributed by atoms with Gasteiger partial charge >= 0.3 is 0 Å². The van der Waals surface area contributed by atoms with Crippen LogP contribution < -0.4 is 0 Å². The first-order valence-corrected chi connectivity index (χ1v) is 9.80. The molecular formula is C20H28BrNO3. The quantitative estimate of drug-likeness (QED) is 0.534. The minimum Gasteiger partial charge on any atom is -0.393 e. The lowest BCUT2D eigenvalue weighted by molar-refractivity contribution is -0.361. The number of halogens is 1. The van der Waals surface area contributed by atoms with E-state index in [0.717, 1.165) is 37.8 Å². The number of hydrogen-bond acceptors (Lipinski definition) is 4. The first-order chi connectivity index (χ1) is 11.2. The smallest absolute Gasteiger partial charge is 0.128 e. The maximum atomic E-state index is 12.2. The fraction of sp³-hybridized carbons (Fsp3) is 0.900. The average Bonchev–Trinajstić information content (AvgIpc) is 2.71. The van der Waals surface area contributed by atoms with Gasteiger partial charge in [-0.2, -0.15) is 0 Å². The summed E-state index contributed by atoms with van der Waals surface area (Å²) >= 11 is 0. The van der Waals surface area contributed by atoms with Crippen molar-refractivity contribution in [2.24, 2.45) is 34.0 Å². The van der Waals surface area contributed by atoms with Gasteiger partial charge in [0, 0.05) is 29.3 Å². The Hall–Kier alpha value is 0.0600. The van der Waals surface area contributed by atoms with E-state index in [-0.39, 0.29) is 45.2 Å². The van der Waals surface area contributed by atoms with E-state index >= 15 is 0 Å². The van der Waals surface area contributed by atoms with Crippen LogP contribution >= 0.6 is 17.0 Å². The summed E-state index contributed by atoms with van der Waals surface area (Å²) in [4.78, 5) is 2.46.